The highest BCUT2D eigenvalue weighted by molar-refractivity contribution is 5.69. The monoisotopic (exact) mass is 203 g/mol. The minimum Gasteiger partial charge on any atom is -0.481 e. The van der Waals surface area contributed by atoms with E-state index in [0.29, 0.717) is 6.42 Å². The lowest BCUT2D eigenvalue weighted by atomic mass is 10.0. The molecule has 0 bridgehead atoms. The molecule has 14 heavy (non-hydrogen) atoms. The third-order valence-corrected chi connectivity index (χ3v) is 2.49. The minimum absolute atomic E-state index is 0.256. The molecule has 2 N–H and O–H groups in total. The molecule has 0 aromatic heterocycles. The summed E-state index contributed by atoms with van der Waals surface area (Å²) in [5, 5.41) is 17.5. The lowest BCUT2D eigenvalue weighted by Gasteiger charge is -2.18. The Balaban J connectivity index is 3.65. The zero-order valence-corrected chi connectivity index (χ0v) is 9.07. The smallest absolute Gasteiger partial charge is 0.308 e. The van der Waals surface area contributed by atoms with Crippen LogP contribution in [0.2, 0.25) is 0 Å². The van der Waals surface area contributed by atoms with Crippen LogP contribution in [0.5, 0.6) is 0 Å². The fourth-order valence-electron chi connectivity index (χ4n) is 1.39. The van der Waals surface area contributed by atoms with E-state index in [4.69, 9.17) is 10.2 Å². The predicted molar refractivity (Wildman–Crippen MR) is 55.2 cm³/mol. The molecule has 0 aromatic rings. The largest absolute Gasteiger partial charge is 0.481 e. The van der Waals surface area contributed by atoms with Crippen LogP contribution in [0, 0.1) is 5.92 Å². The number of aliphatic carboxylic acids is 1. The fraction of sp³-hybridized carbons (Fsp3) is 0.900. The van der Waals surface area contributed by atoms with Crippen molar-refractivity contribution in [2.75, 3.05) is 26.2 Å². The summed E-state index contributed by atoms with van der Waals surface area (Å²) in [7, 11) is 0. The van der Waals surface area contributed by atoms with E-state index in [2.05, 4.69) is 18.7 Å². The van der Waals surface area contributed by atoms with Crippen molar-refractivity contribution >= 4 is 5.97 Å². The Morgan fingerprint density at radius 3 is 2.29 bits per heavy atom. The van der Waals surface area contributed by atoms with Crippen molar-refractivity contribution in [1.29, 1.82) is 0 Å². The Morgan fingerprint density at radius 1 is 1.36 bits per heavy atom. The van der Waals surface area contributed by atoms with Gasteiger partial charge in [0.15, 0.2) is 0 Å². The van der Waals surface area contributed by atoms with Gasteiger partial charge in [-0.2, -0.15) is 0 Å². The topological polar surface area (TPSA) is 60.8 Å². The second-order valence-electron chi connectivity index (χ2n) is 3.39. The number of hydrogen-bond donors (Lipinski definition) is 2. The summed E-state index contributed by atoms with van der Waals surface area (Å²) in [4.78, 5) is 12.8. The molecule has 0 saturated heterocycles. The average molecular weight is 203 g/mol. The third-order valence-electron chi connectivity index (χ3n) is 2.49. The summed E-state index contributed by atoms with van der Waals surface area (Å²) in [6.07, 6.45) is 1.39. The molecule has 0 aliphatic rings. The quantitative estimate of drug-likeness (QED) is 0.612. The van der Waals surface area contributed by atoms with Gasteiger partial charge in [-0.3, -0.25) is 4.79 Å². The number of carboxylic acids is 1. The summed E-state index contributed by atoms with van der Waals surface area (Å²) in [6, 6.07) is 0. The number of rotatable bonds is 8. The molecule has 0 amide bonds. The van der Waals surface area contributed by atoms with Crippen LogP contribution < -0.4 is 0 Å². The SMILES string of the molecule is CCN(CC)CCCC(CO)C(=O)O. The number of carbonyl (C=O) groups is 1. The number of aliphatic hydroxyl groups is 1. The fourth-order valence-corrected chi connectivity index (χ4v) is 1.39. The highest BCUT2D eigenvalue weighted by Gasteiger charge is 2.15. The van der Waals surface area contributed by atoms with Gasteiger partial charge in [0.25, 0.3) is 0 Å². The molecule has 0 rings (SSSR count). The molecule has 1 unspecified atom stereocenters. The van der Waals surface area contributed by atoms with Crippen LogP contribution in [-0.4, -0.2) is 47.3 Å². The second kappa shape index (κ2) is 7.76. The van der Waals surface area contributed by atoms with Crippen LogP contribution >= 0.6 is 0 Å². The maximum Gasteiger partial charge on any atom is 0.308 e. The van der Waals surface area contributed by atoms with Gasteiger partial charge >= 0.3 is 5.97 Å². The zero-order chi connectivity index (χ0) is 11.0. The Bertz CT molecular complexity index is 157. The van der Waals surface area contributed by atoms with Gasteiger partial charge in [-0.25, -0.2) is 0 Å². The van der Waals surface area contributed by atoms with Crippen molar-refractivity contribution in [3.05, 3.63) is 0 Å². The van der Waals surface area contributed by atoms with Gasteiger partial charge in [0.2, 0.25) is 0 Å². The standard InChI is InChI=1S/C10H21NO3/c1-3-11(4-2)7-5-6-9(8-12)10(13)14/h9,12H,3-8H2,1-2H3,(H,13,14). The minimum atomic E-state index is -0.896. The molecule has 0 radical (unpaired) electrons. The van der Waals surface area contributed by atoms with E-state index in [1.165, 1.54) is 0 Å². The van der Waals surface area contributed by atoms with E-state index in [1.54, 1.807) is 0 Å². The van der Waals surface area contributed by atoms with Crippen molar-refractivity contribution in [3.8, 4) is 0 Å². The summed E-state index contributed by atoms with van der Waals surface area (Å²) >= 11 is 0. The Hall–Kier alpha value is -0.610. The van der Waals surface area contributed by atoms with Crippen LogP contribution in [-0.2, 0) is 4.79 Å². The second-order valence-corrected chi connectivity index (χ2v) is 3.39. The predicted octanol–water partition coefficient (Wildman–Crippen LogP) is 0.802. The molecule has 1 atom stereocenters. The van der Waals surface area contributed by atoms with Crippen molar-refractivity contribution < 1.29 is 15.0 Å². The summed E-state index contributed by atoms with van der Waals surface area (Å²) < 4.78 is 0. The van der Waals surface area contributed by atoms with Gasteiger partial charge in [0.05, 0.1) is 12.5 Å². The van der Waals surface area contributed by atoms with Crippen LogP contribution in [0.4, 0.5) is 0 Å². The third kappa shape index (κ3) is 5.19. The highest BCUT2D eigenvalue weighted by atomic mass is 16.4. The van der Waals surface area contributed by atoms with Crippen molar-refractivity contribution in [2.45, 2.75) is 26.7 Å². The number of carboxylic acid groups (broad SMARTS) is 1. The molecular formula is C10H21NO3. The van der Waals surface area contributed by atoms with Crippen LogP contribution in [0.1, 0.15) is 26.7 Å². The Labute approximate surface area is 85.5 Å². The van der Waals surface area contributed by atoms with E-state index < -0.39 is 11.9 Å². The summed E-state index contributed by atoms with van der Waals surface area (Å²) in [5.41, 5.74) is 0. The molecule has 0 spiro atoms. The first-order valence-corrected chi connectivity index (χ1v) is 5.21. The van der Waals surface area contributed by atoms with E-state index in [0.717, 1.165) is 26.1 Å². The Morgan fingerprint density at radius 2 is 1.93 bits per heavy atom. The van der Waals surface area contributed by atoms with Crippen molar-refractivity contribution in [1.82, 2.24) is 4.90 Å². The van der Waals surface area contributed by atoms with Gasteiger partial charge in [-0.15, -0.1) is 0 Å². The lowest BCUT2D eigenvalue weighted by molar-refractivity contribution is -0.143. The number of hydrogen-bond acceptors (Lipinski definition) is 3. The van der Waals surface area contributed by atoms with E-state index >= 15 is 0 Å². The highest BCUT2D eigenvalue weighted by Crippen LogP contribution is 2.06. The summed E-state index contributed by atoms with van der Waals surface area (Å²) in [5.74, 6) is -1.49. The molecule has 4 nitrogen and oxygen atoms in total. The van der Waals surface area contributed by atoms with E-state index in [9.17, 15) is 4.79 Å². The number of aliphatic hydroxyl groups excluding tert-OH is 1. The maximum absolute atomic E-state index is 10.6. The molecular weight excluding hydrogens is 182 g/mol. The maximum atomic E-state index is 10.6. The van der Waals surface area contributed by atoms with Crippen LogP contribution in [0.15, 0.2) is 0 Å². The van der Waals surface area contributed by atoms with Gasteiger partial charge in [0.1, 0.15) is 0 Å². The van der Waals surface area contributed by atoms with Gasteiger partial charge in [-0.1, -0.05) is 13.8 Å². The van der Waals surface area contributed by atoms with Crippen molar-refractivity contribution in [2.24, 2.45) is 5.92 Å². The van der Waals surface area contributed by atoms with Gasteiger partial charge in [-0.05, 0) is 32.5 Å². The molecule has 0 heterocycles. The van der Waals surface area contributed by atoms with Crippen molar-refractivity contribution in [3.63, 3.8) is 0 Å². The van der Waals surface area contributed by atoms with E-state index in [1.807, 2.05) is 0 Å². The van der Waals surface area contributed by atoms with E-state index in [-0.39, 0.29) is 6.61 Å². The summed E-state index contributed by atoms with van der Waals surface area (Å²) in [6.45, 7) is 6.82. The molecule has 0 saturated carbocycles. The average Bonchev–Trinajstić information content (AvgIpc) is 2.18. The first-order chi connectivity index (χ1) is 6.65. The zero-order valence-electron chi connectivity index (χ0n) is 9.07. The van der Waals surface area contributed by atoms with Crippen LogP contribution in [0.25, 0.3) is 0 Å². The van der Waals surface area contributed by atoms with Crippen LogP contribution in [0.3, 0.4) is 0 Å². The number of nitrogens with zero attached hydrogens (tertiary/aromatic N) is 1. The normalized spacial score (nSPS) is 13.1. The molecule has 0 aromatic carbocycles. The van der Waals surface area contributed by atoms with Gasteiger partial charge < -0.3 is 15.1 Å². The first-order valence-electron chi connectivity index (χ1n) is 5.21. The molecule has 0 aliphatic carbocycles. The molecule has 0 fully saturated rings. The molecule has 4 heteroatoms. The molecule has 84 valence electrons. The molecule has 0 aliphatic heterocycles. The first kappa shape index (κ1) is 13.4. The lowest BCUT2D eigenvalue weighted by Crippen LogP contribution is -2.26. The van der Waals surface area contributed by atoms with Gasteiger partial charge in [0, 0.05) is 0 Å². The Kier molecular flexibility index (Phi) is 7.42.